The minimum Gasteiger partial charge on any atom is -0.341 e. The van der Waals surface area contributed by atoms with Crippen LogP contribution in [0, 0.1) is 0 Å². The number of fused-ring (bicyclic) bond motifs is 3. The van der Waals surface area contributed by atoms with Crippen molar-refractivity contribution in [1.29, 1.82) is 0 Å². The third-order valence-corrected chi connectivity index (χ3v) is 5.74. The van der Waals surface area contributed by atoms with Crippen molar-refractivity contribution in [3.63, 3.8) is 0 Å². The number of nitrogens with one attached hydrogen (secondary N) is 1. The van der Waals surface area contributed by atoms with E-state index in [1.54, 1.807) is 15.9 Å². The summed E-state index contributed by atoms with van der Waals surface area (Å²) >= 11 is 0. The molecule has 0 atom stereocenters. The van der Waals surface area contributed by atoms with Crippen LogP contribution in [-0.2, 0) is 11.3 Å². The van der Waals surface area contributed by atoms with Crippen molar-refractivity contribution in [3.8, 4) is 0 Å². The van der Waals surface area contributed by atoms with Crippen LogP contribution in [0.5, 0.6) is 0 Å². The summed E-state index contributed by atoms with van der Waals surface area (Å²) in [5.74, 6) is -0.0124. The van der Waals surface area contributed by atoms with Gasteiger partial charge in [0.1, 0.15) is 0 Å². The molecule has 1 fully saturated rings. The largest absolute Gasteiger partial charge is 0.341 e. The molecule has 2 heterocycles. The van der Waals surface area contributed by atoms with Crippen molar-refractivity contribution >= 4 is 39.8 Å². The number of hydrogen-bond donors (Lipinski definition) is 1. The summed E-state index contributed by atoms with van der Waals surface area (Å²) in [5.41, 5.74) is 3.46. The number of hydrogen-bond acceptors (Lipinski definition) is 2. The predicted molar refractivity (Wildman–Crippen MR) is 121 cm³/mol. The Labute approximate surface area is 176 Å². The molecule has 6 heteroatoms. The minimum atomic E-state index is -0.0558. The van der Waals surface area contributed by atoms with E-state index in [2.05, 4.69) is 59.3 Å². The van der Waals surface area contributed by atoms with Gasteiger partial charge in [-0.2, -0.15) is 0 Å². The van der Waals surface area contributed by atoms with Crippen molar-refractivity contribution in [2.45, 2.75) is 20.4 Å². The van der Waals surface area contributed by atoms with Crippen LogP contribution in [-0.4, -0.2) is 59.0 Å². The molecule has 1 aliphatic heterocycles. The van der Waals surface area contributed by atoms with Crippen LogP contribution < -0.4 is 5.32 Å². The van der Waals surface area contributed by atoms with Crippen molar-refractivity contribution < 1.29 is 9.59 Å². The summed E-state index contributed by atoms with van der Waals surface area (Å²) < 4.78 is 2.32. The third-order valence-electron chi connectivity index (χ3n) is 5.74. The molecule has 0 bridgehead atoms. The third kappa shape index (κ3) is 3.77. The number of carbonyl (C=O) groups is 2. The van der Waals surface area contributed by atoms with E-state index in [1.165, 1.54) is 21.8 Å². The van der Waals surface area contributed by atoms with Gasteiger partial charge >= 0.3 is 6.03 Å². The van der Waals surface area contributed by atoms with Crippen LogP contribution in [0.1, 0.15) is 19.4 Å². The molecule has 156 valence electrons. The quantitative estimate of drug-likeness (QED) is 0.674. The molecule has 3 amide bonds. The van der Waals surface area contributed by atoms with E-state index in [9.17, 15) is 9.59 Å². The molecule has 1 N–H and O–H groups in total. The first-order valence-corrected chi connectivity index (χ1v) is 10.6. The number of rotatable bonds is 4. The molecule has 1 aromatic heterocycles. The predicted octanol–water partition coefficient (Wildman–Crippen LogP) is 3.70. The van der Waals surface area contributed by atoms with Crippen LogP contribution in [0.2, 0.25) is 0 Å². The van der Waals surface area contributed by atoms with E-state index in [4.69, 9.17) is 0 Å². The van der Waals surface area contributed by atoms with E-state index in [1.807, 2.05) is 13.0 Å². The first kappa shape index (κ1) is 20.0. The molecule has 0 aliphatic carbocycles. The molecule has 30 heavy (non-hydrogen) atoms. The van der Waals surface area contributed by atoms with Crippen LogP contribution in [0.15, 0.2) is 48.5 Å². The second-order valence-electron chi connectivity index (χ2n) is 7.52. The summed E-state index contributed by atoms with van der Waals surface area (Å²) in [4.78, 5) is 28.1. The van der Waals surface area contributed by atoms with Crippen molar-refractivity contribution in [2.24, 2.45) is 0 Å². The fraction of sp³-hybridized carbons (Fsp3) is 0.333. The molecule has 4 rings (SSSR count). The molecule has 2 aromatic carbocycles. The molecular formula is C24H28N4O2. The number of para-hydroxylation sites is 1. The van der Waals surface area contributed by atoms with Gasteiger partial charge in [-0.3, -0.25) is 4.79 Å². The van der Waals surface area contributed by atoms with Crippen molar-refractivity contribution in [3.05, 3.63) is 54.1 Å². The fourth-order valence-electron chi connectivity index (χ4n) is 4.18. The second-order valence-corrected chi connectivity index (χ2v) is 7.52. The van der Waals surface area contributed by atoms with E-state index in [0.717, 1.165) is 12.1 Å². The maximum atomic E-state index is 12.6. The van der Waals surface area contributed by atoms with Gasteiger partial charge in [0.15, 0.2) is 0 Å². The lowest BCUT2D eigenvalue weighted by atomic mass is 10.1. The smallest absolute Gasteiger partial charge is 0.317 e. The first-order chi connectivity index (χ1) is 14.6. The minimum absolute atomic E-state index is 0.0124. The molecule has 0 radical (unpaired) electrons. The topological polar surface area (TPSA) is 57.6 Å². The zero-order chi connectivity index (χ0) is 21.1. The van der Waals surface area contributed by atoms with Crippen LogP contribution in [0.4, 0.5) is 4.79 Å². The number of urea groups is 1. The maximum Gasteiger partial charge on any atom is 0.317 e. The van der Waals surface area contributed by atoms with E-state index >= 15 is 0 Å². The number of amides is 3. The highest BCUT2D eigenvalue weighted by Crippen LogP contribution is 2.30. The number of aromatic nitrogens is 1. The summed E-state index contributed by atoms with van der Waals surface area (Å²) in [7, 11) is 0. The number of aryl methyl sites for hydroxylation is 1. The van der Waals surface area contributed by atoms with Crippen LogP contribution in [0.25, 0.3) is 27.9 Å². The van der Waals surface area contributed by atoms with Gasteiger partial charge in [0.2, 0.25) is 5.91 Å². The van der Waals surface area contributed by atoms with E-state index in [-0.39, 0.29) is 11.9 Å². The lowest BCUT2D eigenvalue weighted by Gasteiger charge is -2.34. The second kappa shape index (κ2) is 8.61. The average molecular weight is 405 g/mol. The average Bonchev–Trinajstić information content (AvgIpc) is 3.10. The highest BCUT2D eigenvalue weighted by Gasteiger charge is 2.22. The Hall–Kier alpha value is -3.28. The standard InChI is InChI=1S/C24H28N4O2/c1-3-25-24(30)27-15-13-26(14-16-27)23(29)12-10-18-9-11-22-20(17-18)19-7-5-6-8-21(19)28(22)4-2/h5-12,17H,3-4,13-16H2,1-2H3,(H,25,30)/b12-10+. The van der Waals surface area contributed by atoms with Crippen molar-refractivity contribution in [2.75, 3.05) is 32.7 Å². The zero-order valence-electron chi connectivity index (χ0n) is 17.6. The Morgan fingerprint density at radius 2 is 1.63 bits per heavy atom. The van der Waals surface area contributed by atoms with Crippen LogP contribution in [0.3, 0.4) is 0 Å². The molecule has 1 saturated heterocycles. The molecule has 1 aliphatic rings. The van der Waals surface area contributed by atoms with Gasteiger partial charge in [0.25, 0.3) is 0 Å². The van der Waals surface area contributed by atoms with Gasteiger partial charge < -0.3 is 19.7 Å². The van der Waals surface area contributed by atoms with Gasteiger partial charge in [-0.05, 0) is 43.7 Å². The number of carbonyl (C=O) groups excluding carboxylic acids is 2. The fourth-order valence-corrected chi connectivity index (χ4v) is 4.18. The van der Waals surface area contributed by atoms with E-state index < -0.39 is 0 Å². The lowest BCUT2D eigenvalue weighted by molar-refractivity contribution is -0.127. The Morgan fingerprint density at radius 1 is 0.933 bits per heavy atom. The number of nitrogens with zero attached hydrogens (tertiary/aromatic N) is 3. The van der Waals surface area contributed by atoms with Gasteiger partial charge in [0, 0.05) is 67.2 Å². The highest BCUT2D eigenvalue weighted by atomic mass is 16.2. The maximum absolute atomic E-state index is 12.6. The Bertz CT molecular complexity index is 1110. The normalized spacial score (nSPS) is 14.7. The number of benzene rings is 2. The monoisotopic (exact) mass is 404 g/mol. The van der Waals surface area contributed by atoms with Crippen molar-refractivity contribution in [1.82, 2.24) is 19.7 Å². The molecular weight excluding hydrogens is 376 g/mol. The molecule has 0 saturated carbocycles. The Morgan fingerprint density at radius 3 is 2.37 bits per heavy atom. The summed E-state index contributed by atoms with van der Waals surface area (Å²) in [6.45, 7) is 7.83. The molecule has 3 aromatic rings. The SMILES string of the molecule is CCNC(=O)N1CCN(C(=O)/C=C/c2ccc3c(c2)c2ccccc2n3CC)CC1. The Balaban J connectivity index is 1.48. The van der Waals surface area contributed by atoms with Gasteiger partial charge in [-0.1, -0.05) is 24.3 Å². The summed E-state index contributed by atoms with van der Waals surface area (Å²) in [6, 6.07) is 14.7. The molecule has 0 unspecified atom stereocenters. The van der Waals surface area contributed by atoms with Gasteiger partial charge in [0.05, 0.1) is 0 Å². The lowest BCUT2D eigenvalue weighted by Crippen LogP contribution is -2.52. The highest BCUT2D eigenvalue weighted by molar-refractivity contribution is 6.08. The zero-order valence-corrected chi connectivity index (χ0v) is 17.6. The van der Waals surface area contributed by atoms with Gasteiger partial charge in [-0.25, -0.2) is 4.79 Å². The Kier molecular flexibility index (Phi) is 5.74. The van der Waals surface area contributed by atoms with E-state index in [0.29, 0.717) is 32.7 Å². The summed E-state index contributed by atoms with van der Waals surface area (Å²) in [5, 5.41) is 5.25. The van der Waals surface area contributed by atoms with Crippen LogP contribution >= 0.6 is 0 Å². The first-order valence-electron chi connectivity index (χ1n) is 10.6. The molecule has 6 nitrogen and oxygen atoms in total. The summed E-state index contributed by atoms with van der Waals surface area (Å²) in [6.07, 6.45) is 3.53. The molecule has 0 spiro atoms. The van der Waals surface area contributed by atoms with Gasteiger partial charge in [-0.15, -0.1) is 0 Å². The number of piperazine rings is 1.